The van der Waals surface area contributed by atoms with Crippen molar-refractivity contribution in [1.29, 1.82) is 0 Å². The van der Waals surface area contributed by atoms with E-state index in [2.05, 4.69) is 15.1 Å². The summed E-state index contributed by atoms with van der Waals surface area (Å²) in [7, 11) is 3.65. The van der Waals surface area contributed by atoms with E-state index in [9.17, 15) is 4.79 Å². The van der Waals surface area contributed by atoms with E-state index in [4.69, 9.17) is 4.42 Å². The molecule has 5 rings (SSSR count). The smallest absolute Gasteiger partial charge is 0.319 e. The molecule has 0 spiro atoms. The molecule has 4 aliphatic rings. The standard InChI is InChI=1S/C16H25N5O2/c1-19(2)16(22)21-8-11-3-6-13(9-21)20(7-11)10-14-17-18-15(23-14)12-4-5-12/h11-13H,3-10H2,1-2H3/t11-,13-/m0/s1. The minimum absolute atomic E-state index is 0.123. The normalized spacial score (nSPS) is 28.0. The van der Waals surface area contributed by atoms with Crippen LogP contribution in [0.3, 0.4) is 0 Å². The lowest BCUT2D eigenvalue weighted by Gasteiger charge is -2.34. The molecule has 7 heteroatoms. The van der Waals surface area contributed by atoms with Gasteiger partial charge in [0.2, 0.25) is 11.8 Å². The Hall–Kier alpha value is -1.63. The fourth-order valence-electron chi connectivity index (χ4n) is 3.81. The van der Waals surface area contributed by atoms with Crippen LogP contribution < -0.4 is 0 Å². The van der Waals surface area contributed by atoms with E-state index in [1.165, 1.54) is 19.3 Å². The highest BCUT2D eigenvalue weighted by molar-refractivity contribution is 5.74. The molecule has 1 aliphatic carbocycles. The predicted octanol–water partition coefficient (Wildman–Crippen LogP) is 1.52. The number of hydrogen-bond donors (Lipinski definition) is 0. The summed E-state index contributed by atoms with van der Waals surface area (Å²) in [5.41, 5.74) is 0. The van der Waals surface area contributed by atoms with Crippen LogP contribution in [0.1, 0.15) is 43.4 Å². The molecule has 1 aromatic heterocycles. The predicted molar refractivity (Wildman–Crippen MR) is 83.9 cm³/mol. The number of hydrogen-bond acceptors (Lipinski definition) is 5. The Morgan fingerprint density at radius 2 is 2.00 bits per heavy atom. The van der Waals surface area contributed by atoms with Crippen molar-refractivity contribution in [1.82, 2.24) is 24.9 Å². The van der Waals surface area contributed by atoms with Crippen LogP contribution in [0.4, 0.5) is 4.79 Å². The molecule has 2 amide bonds. The van der Waals surface area contributed by atoms with Crippen LogP contribution in [0.25, 0.3) is 0 Å². The molecule has 2 atom stereocenters. The molecular formula is C16H25N5O2. The summed E-state index contributed by atoms with van der Waals surface area (Å²) in [5, 5.41) is 8.40. The zero-order valence-electron chi connectivity index (χ0n) is 13.9. The molecule has 0 unspecified atom stereocenters. The third-order valence-electron chi connectivity index (χ3n) is 5.23. The van der Waals surface area contributed by atoms with Crippen molar-refractivity contribution in [3.63, 3.8) is 0 Å². The zero-order valence-corrected chi connectivity index (χ0v) is 13.9. The molecular weight excluding hydrogens is 294 g/mol. The van der Waals surface area contributed by atoms with E-state index in [0.29, 0.717) is 24.4 Å². The maximum atomic E-state index is 12.3. The molecule has 7 nitrogen and oxygen atoms in total. The van der Waals surface area contributed by atoms with Crippen LogP contribution in [0.2, 0.25) is 0 Å². The van der Waals surface area contributed by atoms with Gasteiger partial charge in [-0.2, -0.15) is 0 Å². The van der Waals surface area contributed by atoms with Gasteiger partial charge in [0.1, 0.15) is 0 Å². The second-order valence-electron chi connectivity index (χ2n) is 7.42. The average molecular weight is 319 g/mol. The number of fused-ring (bicyclic) bond motifs is 4. The van der Waals surface area contributed by atoms with Gasteiger partial charge in [-0.15, -0.1) is 10.2 Å². The first-order valence-electron chi connectivity index (χ1n) is 8.62. The lowest BCUT2D eigenvalue weighted by atomic mass is 9.95. The highest BCUT2D eigenvalue weighted by Gasteiger charge is 2.37. The number of carbonyl (C=O) groups excluding carboxylic acids is 1. The molecule has 4 heterocycles. The van der Waals surface area contributed by atoms with Crippen LogP contribution in [0.15, 0.2) is 4.42 Å². The summed E-state index contributed by atoms with van der Waals surface area (Å²) in [6, 6.07) is 0.520. The Balaban J connectivity index is 1.44. The molecule has 2 bridgehead atoms. The van der Waals surface area contributed by atoms with Gasteiger partial charge in [-0.1, -0.05) is 0 Å². The third-order valence-corrected chi connectivity index (χ3v) is 5.23. The number of rotatable bonds is 3. The van der Waals surface area contributed by atoms with E-state index >= 15 is 0 Å². The Bertz CT molecular complexity index is 583. The minimum Gasteiger partial charge on any atom is -0.424 e. The first kappa shape index (κ1) is 14.9. The van der Waals surface area contributed by atoms with E-state index in [1.54, 1.807) is 4.90 Å². The number of piperidine rings is 1. The van der Waals surface area contributed by atoms with Crippen molar-refractivity contribution in [2.75, 3.05) is 33.7 Å². The average Bonchev–Trinajstić information content (AvgIpc) is 3.32. The molecule has 23 heavy (non-hydrogen) atoms. The third kappa shape index (κ3) is 3.06. The summed E-state index contributed by atoms with van der Waals surface area (Å²) in [6.45, 7) is 3.40. The van der Waals surface area contributed by atoms with Gasteiger partial charge in [0.05, 0.1) is 6.54 Å². The van der Waals surface area contributed by atoms with Gasteiger partial charge in [-0.25, -0.2) is 4.79 Å². The van der Waals surface area contributed by atoms with Crippen molar-refractivity contribution in [2.24, 2.45) is 5.92 Å². The summed E-state index contributed by atoms with van der Waals surface area (Å²) >= 11 is 0. The molecule has 4 fully saturated rings. The molecule has 1 saturated carbocycles. The summed E-state index contributed by atoms with van der Waals surface area (Å²) < 4.78 is 5.82. The molecule has 1 aromatic rings. The second-order valence-corrected chi connectivity index (χ2v) is 7.42. The number of aromatic nitrogens is 2. The van der Waals surface area contributed by atoms with Gasteiger partial charge in [0.15, 0.2) is 0 Å². The maximum absolute atomic E-state index is 12.3. The van der Waals surface area contributed by atoms with Gasteiger partial charge in [0, 0.05) is 45.7 Å². The SMILES string of the molecule is CN(C)C(=O)N1C[C@H]2CC[C@@H](C1)N(Cc1nnc(C3CC3)o1)C2. The van der Waals surface area contributed by atoms with E-state index in [0.717, 1.165) is 37.8 Å². The monoisotopic (exact) mass is 319 g/mol. The van der Waals surface area contributed by atoms with Gasteiger partial charge in [-0.3, -0.25) is 4.90 Å². The van der Waals surface area contributed by atoms with Crippen molar-refractivity contribution >= 4 is 6.03 Å². The Morgan fingerprint density at radius 3 is 2.74 bits per heavy atom. The first-order chi connectivity index (χ1) is 11.1. The summed E-state index contributed by atoms with van der Waals surface area (Å²) in [5.74, 6) is 2.59. The lowest BCUT2D eigenvalue weighted by Crippen LogP contribution is -2.45. The van der Waals surface area contributed by atoms with Gasteiger partial charge in [-0.05, 0) is 31.6 Å². The zero-order chi connectivity index (χ0) is 16.0. The topological polar surface area (TPSA) is 65.7 Å². The molecule has 0 N–H and O–H groups in total. The van der Waals surface area contributed by atoms with E-state index in [-0.39, 0.29) is 6.03 Å². The molecule has 3 aliphatic heterocycles. The number of urea groups is 1. The van der Waals surface area contributed by atoms with Gasteiger partial charge >= 0.3 is 6.03 Å². The fourth-order valence-corrected chi connectivity index (χ4v) is 3.81. The van der Waals surface area contributed by atoms with E-state index in [1.807, 2.05) is 19.0 Å². The van der Waals surface area contributed by atoms with Crippen LogP contribution in [-0.2, 0) is 6.54 Å². The quantitative estimate of drug-likeness (QED) is 0.845. The van der Waals surface area contributed by atoms with Crippen molar-refractivity contribution in [3.8, 4) is 0 Å². The number of carbonyl (C=O) groups is 1. The van der Waals surface area contributed by atoms with Crippen LogP contribution in [0, 0.1) is 5.92 Å². The first-order valence-corrected chi connectivity index (χ1v) is 8.62. The second kappa shape index (κ2) is 5.78. The Labute approximate surface area is 136 Å². The van der Waals surface area contributed by atoms with Crippen LogP contribution in [-0.4, -0.2) is 70.7 Å². The van der Waals surface area contributed by atoms with Gasteiger partial charge < -0.3 is 14.2 Å². The van der Waals surface area contributed by atoms with E-state index < -0.39 is 0 Å². The minimum atomic E-state index is 0.123. The van der Waals surface area contributed by atoms with Crippen molar-refractivity contribution in [3.05, 3.63) is 11.8 Å². The largest absolute Gasteiger partial charge is 0.424 e. The molecule has 0 radical (unpaired) electrons. The number of nitrogens with zero attached hydrogens (tertiary/aromatic N) is 5. The van der Waals surface area contributed by atoms with Crippen LogP contribution in [0.5, 0.6) is 0 Å². The Morgan fingerprint density at radius 1 is 1.17 bits per heavy atom. The summed E-state index contributed by atoms with van der Waals surface area (Å²) in [6.07, 6.45) is 4.70. The molecule has 3 saturated heterocycles. The van der Waals surface area contributed by atoms with Crippen LogP contribution >= 0.6 is 0 Å². The van der Waals surface area contributed by atoms with Crippen molar-refractivity contribution < 1.29 is 9.21 Å². The maximum Gasteiger partial charge on any atom is 0.319 e. The van der Waals surface area contributed by atoms with Crippen molar-refractivity contribution in [2.45, 2.75) is 44.2 Å². The highest BCUT2D eigenvalue weighted by Crippen LogP contribution is 2.39. The Kier molecular flexibility index (Phi) is 3.75. The fraction of sp³-hybridized carbons (Fsp3) is 0.812. The lowest BCUT2D eigenvalue weighted by molar-refractivity contribution is 0.111. The van der Waals surface area contributed by atoms with Gasteiger partial charge in [0.25, 0.3) is 0 Å². The number of amides is 2. The highest BCUT2D eigenvalue weighted by atomic mass is 16.4. The summed E-state index contributed by atoms with van der Waals surface area (Å²) in [4.78, 5) is 18.4. The molecule has 0 aromatic carbocycles. The molecule has 126 valence electrons.